The summed E-state index contributed by atoms with van der Waals surface area (Å²) in [6, 6.07) is 16.2. The summed E-state index contributed by atoms with van der Waals surface area (Å²) in [7, 11) is 3.96. The third-order valence-corrected chi connectivity index (χ3v) is 8.31. The van der Waals surface area contributed by atoms with Gasteiger partial charge in [0, 0.05) is 55.0 Å². The number of para-hydroxylation sites is 1. The second-order valence-corrected chi connectivity index (χ2v) is 12.3. The van der Waals surface area contributed by atoms with Crippen molar-refractivity contribution < 1.29 is 4.79 Å². The molecule has 4 aromatic rings. The fraction of sp³-hybridized carbons (Fsp3) is 0.353. The van der Waals surface area contributed by atoms with Crippen molar-refractivity contribution in [2.75, 3.05) is 11.9 Å². The number of carbonyl (C=O) groups excluding carboxylic acids is 1. The van der Waals surface area contributed by atoms with E-state index in [-0.39, 0.29) is 17.2 Å². The molecule has 0 saturated heterocycles. The maximum absolute atomic E-state index is 14.1. The average molecular weight is 547 g/mol. The molecule has 2 aromatic carbocycles. The number of allylic oxidation sites excluding steroid dienone is 4. The molecule has 41 heavy (non-hydrogen) atoms. The normalized spacial score (nSPS) is 17.0. The summed E-state index contributed by atoms with van der Waals surface area (Å²) in [6.07, 6.45) is 8.12. The zero-order chi connectivity index (χ0) is 28.9. The van der Waals surface area contributed by atoms with E-state index in [4.69, 9.17) is 9.97 Å². The number of rotatable bonds is 6. The van der Waals surface area contributed by atoms with Gasteiger partial charge in [0.2, 0.25) is 0 Å². The molecule has 1 amide bonds. The average Bonchev–Trinajstić information content (AvgIpc) is 3.37. The van der Waals surface area contributed by atoms with Crippen LogP contribution in [0, 0.1) is 5.41 Å². The number of amides is 1. The van der Waals surface area contributed by atoms with Gasteiger partial charge in [-0.2, -0.15) is 5.10 Å². The van der Waals surface area contributed by atoms with Crippen LogP contribution in [0.1, 0.15) is 73.8 Å². The lowest BCUT2D eigenvalue weighted by Gasteiger charge is -2.41. The van der Waals surface area contributed by atoms with Gasteiger partial charge in [-0.25, -0.2) is 9.97 Å². The quantitative estimate of drug-likeness (QED) is 0.267. The van der Waals surface area contributed by atoms with Crippen molar-refractivity contribution in [2.24, 2.45) is 12.5 Å². The SMILES string of the molecule is CCC1=C(C(C)(C)C)C=C2C(C1)c1ccccc1C(=O)N2Cc1nc(N(C)Cc2cnn(C)c2)c2ccccc2n1. The molecule has 2 aromatic heterocycles. The minimum atomic E-state index is -0.0172. The second kappa shape index (κ2) is 10.3. The maximum atomic E-state index is 14.1. The molecule has 210 valence electrons. The van der Waals surface area contributed by atoms with Gasteiger partial charge in [0.15, 0.2) is 5.82 Å². The highest BCUT2D eigenvalue weighted by Crippen LogP contribution is 2.48. The van der Waals surface area contributed by atoms with Crippen molar-refractivity contribution in [1.82, 2.24) is 24.6 Å². The monoisotopic (exact) mass is 546 g/mol. The Morgan fingerprint density at radius 2 is 1.80 bits per heavy atom. The van der Waals surface area contributed by atoms with E-state index >= 15 is 0 Å². The molecule has 0 bridgehead atoms. The summed E-state index contributed by atoms with van der Waals surface area (Å²) >= 11 is 0. The number of aryl methyl sites for hydroxylation is 1. The molecular formula is C34H38N6O. The van der Waals surface area contributed by atoms with E-state index in [2.05, 4.69) is 55.9 Å². The van der Waals surface area contributed by atoms with Gasteiger partial charge in [-0.05, 0) is 53.7 Å². The fourth-order valence-electron chi connectivity index (χ4n) is 6.36. The predicted molar refractivity (Wildman–Crippen MR) is 163 cm³/mol. The standard InChI is InChI=1S/C34H38N6O/c1-7-23-16-27-24-12-8-9-13-25(24)33(41)40(30(27)17-28(23)34(2,3)4)21-31-36-29-15-11-10-14-26(29)32(37-31)38(5)19-22-18-35-39(6)20-22/h8-15,17-18,20,27H,7,16,19,21H2,1-6H3. The molecule has 3 heterocycles. The molecule has 0 radical (unpaired) electrons. The Morgan fingerprint density at radius 3 is 2.54 bits per heavy atom. The molecule has 0 N–H and O–H groups in total. The van der Waals surface area contributed by atoms with Crippen molar-refractivity contribution in [1.29, 1.82) is 0 Å². The topological polar surface area (TPSA) is 67.2 Å². The number of fused-ring (bicyclic) bond motifs is 4. The molecule has 1 atom stereocenters. The molecule has 1 aliphatic heterocycles. The summed E-state index contributed by atoms with van der Waals surface area (Å²) in [4.78, 5) is 28.2. The number of aromatic nitrogens is 4. The van der Waals surface area contributed by atoms with Gasteiger partial charge in [0.1, 0.15) is 5.82 Å². The number of hydrogen-bond donors (Lipinski definition) is 0. The van der Waals surface area contributed by atoms with Gasteiger partial charge in [-0.3, -0.25) is 9.48 Å². The lowest BCUT2D eigenvalue weighted by atomic mass is 9.71. The lowest BCUT2D eigenvalue weighted by molar-refractivity contribution is 0.0764. The van der Waals surface area contributed by atoms with Gasteiger partial charge in [0.25, 0.3) is 5.91 Å². The van der Waals surface area contributed by atoms with Gasteiger partial charge < -0.3 is 9.80 Å². The van der Waals surface area contributed by atoms with Crippen LogP contribution in [-0.4, -0.2) is 37.6 Å². The zero-order valence-electron chi connectivity index (χ0n) is 24.8. The summed E-state index contributed by atoms with van der Waals surface area (Å²) in [5.41, 5.74) is 7.71. The van der Waals surface area contributed by atoms with Crippen molar-refractivity contribution in [2.45, 2.75) is 59.5 Å². The predicted octanol–water partition coefficient (Wildman–Crippen LogP) is 6.78. The number of benzene rings is 2. The van der Waals surface area contributed by atoms with Crippen molar-refractivity contribution in [3.05, 3.63) is 106 Å². The summed E-state index contributed by atoms with van der Waals surface area (Å²) in [5, 5.41) is 5.31. The largest absolute Gasteiger partial charge is 0.355 e. The third kappa shape index (κ3) is 4.94. The van der Waals surface area contributed by atoms with E-state index in [0.29, 0.717) is 18.9 Å². The van der Waals surface area contributed by atoms with E-state index < -0.39 is 0 Å². The van der Waals surface area contributed by atoms with E-state index in [1.165, 1.54) is 11.1 Å². The van der Waals surface area contributed by atoms with Crippen LogP contribution >= 0.6 is 0 Å². The van der Waals surface area contributed by atoms with Crippen LogP contribution in [0.5, 0.6) is 0 Å². The Bertz CT molecular complexity index is 1710. The first-order valence-corrected chi connectivity index (χ1v) is 14.4. The van der Waals surface area contributed by atoms with Crippen molar-refractivity contribution in [3.8, 4) is 0 Å². The highest BCUT2D eigenvalue weighted by Gasteiger charge is 2.39. The molecule has 6 rings (SSSR count). The zero-order valence-corrected chi connectivity index (χ0v) is 24.8. The lowest BCUT2D eigenvalue weighted by Crippen LogP contribution is -2.40. The van der Waals surface area contributed by atoms with Crippen LogP contribution in [0.25, 0.3) is 10.9 Å². The summed E-state index contributed by atoms with van der Waals surface area (Å²) in [5.74, 6) is 1.63. The summed E-state index contributed by atoms with van der Waals surface area (Å²) in [6.45, 7) is 9.99. The van der Waals surface area contributed by atoms with Gasteiger partial charge >= 0.3 is 0 Å². The highest BCUT2D eigenvalue weighted by molar-refractivity contribution is 5.99. The molecule has 0 fully saturated rings. The Morgan fingerprint density at radius 1 is 1.05 bits per heavy atom. The Labute approximate surface area is 242 Å². The Balaban J connectivity index is 1.44. The van der Waals surface area contributed by atoms with Crippen LogP contribution in [-0.2, 0) is 20.1 Å². The van der Waals surface area contributed by atoms with E-state index in [1.54, 1.807) is 0 Å². The second-order valence-electron chi connectivity index (χ2n) is 12.3. The number of anilines is 1. The van der Waals surface area contributed by atoms with Gasteiger partial charge in [-0.15, -0.1) is 0 Å². The third-order valence-electron chi connectivity index (χ3n) is 8.31. The van der Waals surface area contributed by atoms with Gasteiger partial charge in [0.05, 0.1) is 18.3 Å². The first-order valence-electron chi connectivity index (χ1n) is 14.4. The smallest absolute Gasteiger partial charge is 0.258 e. The van der Waals surface area contributed by atoms with Crippen LogP contribution < -0.4 is 4.90 Å². The minimum absolute atomic E-state index is 0.0123. The number of nitrogens with zero attached hydrogens (tertiary/aromatic N) is 6. The van der Waals surface area contributed by atoms with E-state index in [1.807, 2.05) is 72.5 Å². The molecule has 1 aliphatic carbocycles. The number of hydrogen-bond acceptors (Lipinski definition) is 5. The van der Waals surface area contributed by atoms with Crippen LogP contribution in [0.4, 0.5) is 5.82 Å². The van der Waals surface area contributed by atoms with Gasteiger partial charge in [-0.1, -0.05) is 63.6 Å². The molecule has 7 heteroatoms. The van der Waals surface area contributed by atoms with E-state index in [0.717, 1.165) is 51.9 Å². The molecule has 7 nitrogen and oxygen atoms in total. The Hall–Kier alpha value is -4.26. The number of carbonyl (C=O) groups is 1. The van der Waals surface area contributed by atoms with Crippen LogP contribution in [0.2, 0.25) is 0 Å². The highest BCUT2D eigenvalue weighted by atomic mass is 16.2. The molecule has 2 aliphatic rings. The molecule has 0 spiro atoms. The van der Waals surface area contributed by atoms with E-state index in [9.17, 15) is 4.79 Å². The van der Waals surface area contributed by atoms with Crippen LogP contribution in [0.15, 0.2) is 83.8 Å². The molecular weight excluding hydrogens is 508 g/mol. The summed E-state index contributed by atoms with van der Waals surface area (Å²) < 4.78 is 1.81. The van der Waals surface area contributed by atoms with Crippen molar-refractivity contribution in [3.63, 3.8) is 0 Å². The maximum Gasteiger partial charge on any atom is 0.258 e. The minimum Gasteiger partial charge on any atom is -0.355 e. The molecule has 1 unspecified atom stereocenters. The Kier molecular flexibility index (Phi) is 6.76. The van der Waals surface area contributed by atoms with Crippen LogP contribution in [0.3, 0.4) is 0 Å². The first kappa shape index (κ1) is 26.9. The molecule has 0 saturated carbocycles. The first-order chi connectivity index (χ1) is 19.6. The fourth-order valence-corrected chi connectivity index (χ4v) is 6.36. The van der Waals surface area contributed by atoms with Crippen molar-refractivity contribution >= 4 is 22.6 Å².